The average molecular weight is 265 g/mol. The van der Waals surface area contributed by atoms with Gasteiger partial charge in [-0.25, -0.2) is 0 Å². The lowest BCUT2D eigenvalue weighted by atomic mass is 10.2. The van der Waals surface area contributed by atoms with Gasteiger partial charge in [-0.2, -0.15) is 0 Å². The molecule has 0 spiro atoms. The maximum Gasteiger partial charge on any atom is 0.306 e. The molecule has 0 aromatic heterocycles. The second-order valence-corrected chi connectivity index (χ2v) is 4.34. The predicted molar refractivity (Wildman–Crippen MR) is 66.6 cm³/mol. The Morgan fingerprint density at radius 1 is 1.58 bits per heavy atom. The molecule has 0 bridgehead atoms. The first-order valence-corrected chi connectivity index (χ1v) is 5.98. The van der Waals surface area contributed by atoms with E-state index in [1.54, 1.807) is 18.2 Å². The van der Waals surface area contributed by atoms with E-state index in [2.05, 4.69) is 5.32 Å². The molecule has 0 saturated carbocycles. The number of ether oxygens (including phenoxy) is 2. The van der Waals surface area contributed by atoms with Crippen LogP contribution < -0.4 is 14.8 Å². The summed E-state index contributed by atoms with van der Waals surface area (Å²) in [5.41, 5.74) is 0.454. The van der Waals surface area contributed by atoms with E-state index in [0.717, 1.165) is 0 Å². The van der Waals surface area contributed by atoms with Crippen LogP contribution in [0.2, 0.25) is 0 Å². The van der Waals surface area contributed by atoms with Gasteiger partial charge in [-0.15, -0.1) is 0 Å². The number of carboxylic acids is 1. The molecule has 1 atom stereocenters. The number of fused-ring (bicyclic) bond motifs is 1. The predicted octanol–water partition coefficient (Wildman–Crippen LogP) is 1.05. The Balaban J connectivity index is 2.10. The summed E-state index contributed by atoms with van der Waals surface area (Å²) in [5.74, 6) is -0.159. The molecule has 0 aliphatic carbocycles. The highest BCUT2D eigenvalue weighted by Gasteiger charge is 2.20. The number of carbonyl (C=O) groups is 2. The smallest absolute Gasteiger partial charge is 0.306 e. The van der Waals surface area contributed by atoms with E-state index in [1.165, 1.54) is 0 Å². The maximum absolute atomic E-state index is 11.8. The van der Waals surface area contributed by atoms with Gasteiger partial charge in [0.05, 0.1) is 24.6 Å². The highest BCUT2D eigenvalue weighted by molar-refractivity contribution is 5.97. The minimum absolute atomic E-state index is 0.0590. The molecule has 1 aliphatic heterocycles. The van der Waals surface area contributed by atoms with Gasteiger partial charge in [-0.3, -0.25) is 9.59 Å². The van der Waals surface area contributed by atoms with Crippen molar-refractivity contribution in [1.82, 2.24) is 5.32 Å². The zero-order valence-electron chi connectivity index (χ0n) is 10.5. The van der Waals surface area contributed by atoms with Crippen LogP contribution in [0.4, 0.5) is 0 Å². The molecule has 0 saturated heterocycles. The third-order valence-electron chi connectivity index (χ3n) is 2.65. The molecule has 1 aromatic carbocycles. The molecule has 1 aromatic rings. The zero-order valence-corrected chi connectivity index (χ0v) is 10.5. The molecule has 1 amide bonds. The molecule has 1 unspecified atom stereocenters. The Morgan fingerprint density at radius 3 is 3.11 bits per heavy atom. The van der Waals surface area contributed by atoms with Gasteiger partial charge in [0, 0.05) is 6.07 Å². The van der Waals surface area contributed by atoms with Gasteiger partial charge in [0.25, 0.3) is 5.91 Å². The van der Waals surface area contributed by atoms with Crippen molar-refractivity contribution >= 4 is 11.9 Å². The summed E-state index contributed by atoms with van der Waals surface area (Å²) in [7, 11) is 0. The number of nitrogens with one attached hydrogen (secondary N) is 1. The molecular weight excluding hydrogens is 250 g/mol. The highest BCUT2D eigenvalue weighted by atomic mass is 16.5. The van der Waals surface area contributed by atoms with Gasteiger partial charge >= 0.3 is 5.97 Å². The minimum atomic E-state index is -0.917. The average Bonchev–Trinajstić information content (AvgIpc) is 2.48. The maximum atomic E-state index is 11.8. The third-order valence-corrected chi connectivity index (χ3v) is 2.65. The summed E-state index contributed by atoms with van der Waals surface area (Å²) in [6, 6.07) is 4.78. The Hall–Kier alpha value is -2.24. The van der Waals surface area contributed by atoms with Gasteiger partial charge in [-0.1, -0.05) is 0 Å². The molecule has 0 fully saturated rings. The van der Waals surface area contributed by atoms with Gasteiger partial charge in [-0.05, 0) is 19.1 Å². The van der Waals surface area contributed by atoms with E-state index in [9.17, 15) is 9.59 Å². The van der Waals surface area contributed by atoms with E-state index in [0.29, 0.717) is 23.7 Å². The summed E-state index contributed by atoms with van der Waals surface area (Å²) < 4.78 is 10.8. The van der Waals surface area contributed by atoms with Crippen molar-refractivity contribution in [2.45, 2.75) is 19.4 Å². The fraction of sp³-hybridized carbons (Fsp3) is 0.385. The summed E-state index contributed by atoms with van der Waals surface area (Å²) in [5, 5.41) is 11.3. The van der Waals surface area contributed by atoms with Crippen LogP contribution in [0.15, 0.2) is 18.2 Å². The lowest BCUT2D eigenvalue weighted by molar-refractivity contribution is -0.137. The van der Waals surface area contributed by atoms with Crippen LogP contribution in [0, 0.1) is 0 Å². The van der Waals surface area contributed by atoms with Crippen molar-refractivity contribution < 1.29 is 24.2 Å². The molecular formula is C13H15NO5. The van der Waals surface area contributed by atoms with Crippen molar-refractivity contribution in [3.05, 3.63) is 23.8 Å². The van der Waals surface area contributed by atoms with Crippen molar-refractivity contribution in [3.8, 4) is 11.5 Å². The van der Waals surface area contributed by atoms with Crippen LogP contribution in [0.25, 0.3) is 0 Å². The molecule has 6 heteroatoms. The third kappa shape index (κ3) is 3.37. The number of carboxylic acid groups (broad SMARTS) is 1. The molecule has 19 heavy (non-hydrogen) atoms. The largest absolute Gasteiger partial charge is 0.493 e. The SMILES string of the molecule is CC1COc2cc(OCCC(=O)O)ccc2C(=O)N1. The Kier molecular flexibility index (Phi) is 3.89. The summed E-state index contributed by atoms with van der Waals surface area (Å²) in [6.45, 7) is 2.32. The van der Waals surface area contributed by atoms with Gasteiger partial charge in [0.2, 0.25) is 0 Å². The molecule has 6 nitrogen and oxygen atoms in total. The second-order valence-electron chi connectivity index (χ2n) is 4.34. The summed E-state index contributed by atoms with van der Waals surface area (Å²) in [6.07, 6.45) is -0.0739. The van der Waals surface area contributed by atoms with Crippen molar-refractivity contribution in [3.63, 3.8) is 0 Å². The van der Waals surface area contributed by atoms with E-state index >= 15 is 0 Å². The van der Waals surface area contributed by atoms with E-state index in [1.807, 2.05) is 6.92 Å². The molecule has 2 rings (SSSR count). The van der Waals surface area contributed by atoms with Crippen molar-refractivity contribution in [1.29, 1.82) is 0 Å². The lowest BCUT2D eigenvalue weighted by Gasteiger charge is -2.09. The summed E-state index contributed by atoms with van der Waals surface area (Å²) in [4.78, 5) is 22.2. The first-order chi connectivity index (χ1) is 9.06. The quantitative estimate of drug-likeness (QED) is 0.850. The minimum Gasteiger partial charge on any atom is -0.493 e. The molecule has 0 radical (unpaired) electrons. The number of hydrogen-bond donors (Lipinski definition) is 2. The number of amides is 1. The van der Waals surface area contributed by atoms with Crippen LogP contribution in [0.5, 0.6) is 11.5 Å². The van der Waals surface area contributed by atoms with Crippen LogP contribution in [-0.2, 0) is 4.79 Å². The number of benzene rings is 1. The molecule has 2 N–H and O–H groups in total. The van der Waals surface area contributed by atoms with Crippen molar-refractivity contribution in [2.75, 3.05) is 13.2 Å². The van der Waals surface area contributed by atoms with E-state index < -0.39 is 5.97 Å². The topological polar surface area (TPSA) is 84.9 Å². The summed E-state index contributed by atoms with van der Waals surface area (Å²) >= 11 is 0. The first kappa shape index (κ1) is 13.2. The number of hydrogen-bond acceptors (Lipinski definition) is 4. The van der Waals surface area contributed by atoms with E-state index in [4.69, 9.17) is 14.6 Å². The van der Waals surface area contributed by atoms with E-state index in [-0.39, 0.29) is 25.0 Å². The van der Waals surface area contributed by atoms with Crippen LogP contribution >= 0.6 is 0 Å². The fourth-order valence-electron chi connectivity index (χ4n) is 1.71. The number of carbonyl (C=O) groups excluding carboxylic acids is 1. The van der Waals surface area contributed by atoms with Gasteiger partial charge in [0.15, 0.2) is 0 Å². The second kappa shape index (κ2) is 5.60. The van der Waals surface area contributed by atoms with Crippen LogP contribution in [-0.4, -0.2) is 36.2 Å². The highest BCUT2D eigenvalue weighted by Crippen LogP contribution is 2.26. The Bertz CT molecular complexity index is 500. The molecule has 102 valence electrons. The van der Waals surface area contributed by atoms with Gasteiger partial charge in [0.1, 0.15) is 18.1 Å². The first-order valence-electron chi connectivity index (χ1n) is 5.98. The lowest BCUT2D eigenvalue weighted by Crippen LogP contribution is -2.33. The standard InChI is InChI=1S/C13H15NO5/c1-8-7-19-11-6-9(18-5-4-12(15)16)2-3-10(11)13(17)14-8/h2-3,6,8H,4-5,7H2,1H3,(H,14,17)(H,15,16). The number of rotatable bonds is 4. The zero-order chi connectivity index (χ0) is 13.8. The Labute approximate surface area is 110 Å². The van der Waals surface area contributed by atoms with Crippen LogP contribution in [0.1, 0.15) is 23.7 Å². The van der Waals surface area contributed by atoms with Crippen LogP contribution in [0.3, 0.4) is 0 Å². The Morgan fingerprint density at radius 2 is 2.37 bits per heavy atom. The molecule has 1 aliphatic rings. The van der Waals surface area contributed by atoms with Crippen molar-refractivity contribution in [2.24, 2.45) is 0 Å². The normalized spacial score (nSPS) is 17.7. The van der Waals surface area contributed by atoms with Gasteiger partial charge < -0.3 is 19.9 Å². The monoisotopic (exact) mass is 265 g/mol. The fourth-order valence-corrected chi connectivity index (χ4v) is 1.71. The molecule has 1 heterocycles. The number of aliphatic carboxylic acids is 1.